The average Bonchev–Trinajstić information content (AvgIpc) is 3.01. The molecule has 0 aromatic carbocycles. The number of piperidine rings is 1. The van der Waals surface area contributed by atoms with Gasteiger partial charge in [-0.05, 0) is 30.4 Å². The van der Waals surface area contributed by atoms with Gasteiger partial charge in [0.1, 0.15) is 6.33 Å². The summed E-state index contributed by atoms with van der Waals surface area (Å²) in [5.74, 6) is 1.41. The summed E-state index contributed by atoms with van der Waals surface area (Å²) in [7, 11) is 0. The van der Waals surface area contributed by atoms with E-state index in [9.17, 15) is 0 Å². The normalized spacial score (nSPS) is 16.6. The van der Waals surface area contributed by atoms with Crippen molar-refractivity contribution in [1.82, 2.24) is 24.5 Å². The highest BCUT2D eigenvalue weighted by Crippen LogP contribution is 2.21. The molecule has 2 aromatic rings. The van der Waals surface area contributed by atoms with Crippen molar-refractivity contribution in [3.05, 3.63) is 24.0 Å². The summed E-state index contributed by atoms with van der Waals surface area (Å²) in [6.07, 6.45) is 6.89. The number of aromatic nitrogens is 5. The van der Waals surface area contributed by atoms with E-state index in [-0.39, 0.29) is 11.9 Å². The monoisotopic (exact) mass is 294 g/mol. The van der Waals surface area contributed by atoms with Crippen molar-refractivity contribution < 1.29 is 5.11 Å². The SMILES string of the molecule is OCC1CCN(c2nc(Cl)nc(-n3ccnc3)n2)CC1. The van der Waals surface area contributed by atoms with E-state index in [0.29, 0.717) is 17.8 Å². The number of anilines is 1. The molecule has 1 fully saturated rings. The molecule has 0 bridgehead atoms. The maximum Gasteiger partial charge on any atom is 0.241 e. The minimum Gasteiger partial charge on any atom is -0.396 e. The van der Waals surface area contributed by atoms with E-state index in [2.05, 4.69) is 24.8 Å². The van der Waals surface area contributed by atoms with Crippen LogP contribution in [0.5, 0.6) is 0 Å². The number of hydrogen-bond donors (Lipinski definition) is 1. The van der Waals surface area contributed by atoms with Gasteiger partial charge in [0.15, 0.2) is 0 Å². The van der Waals surface area contributed by atoms with Gasteiger partial charge in [0.05, 0.1) is 0 Å². The molecule has 0 spiro atoms. The highest BCUT2D eigenvalue weighted by molar-refractivity contribution is 6.28. The van der Waals surface area contributed by atoms with Crippen molar-refractivity contribution in [1.29, 1.82) is 0 Å². The fourth-order valence-electron chi connectivity index (χ4n) is 2.28. The van der Waals surface area contributed by atoms with Crippen LogP contribution >= 0.6 is 11.6 Å². The van der Waals surface area contributed by atoms with Gasteiger partial charge in [-0.25, -0.2) is 4.98 Å². The van der Waals surface area contributed by atoms with E-state index in [0.717, 1.165) is 25.9 Å². The summed E-state index contributed by atoms with van der Waals surface area (Å²) in [5, 5.41) is 9.34. The molecular formula is C12H15ClN6O. The van der Waals surface area contributed by atoms with Gasteiger partial charge in [-0.3, -0.25) is 4.57 Å². The molecule has 8 heteroatoms. The van der Waals surface area contributed by atoms with Crippen molar-refractivity contribution in [2.24, 2.45) is 5.92 Å². The summed E-state index contributed by atoms with van der Waals surface area (Å²) in [6, 6.07) is 0. The van der Waals surface area contributed by atoms with Crippen LogP contribution in [0.2, 0.25) is 5.28 Å². The van der Waals surface area contributed by atoms with Crippen LogP contribution in [-0.2, 0) is 0 Å². The van der Waals surface area contributed by atoms with Gasteiger partial charge >= 0.3 is 0 Å². The van der Waals surface area contributed by atoms with Crippen molar-refractivity contribution in [3.63, 3.8) is 0 Å². The lowest BCUT2D eigenvalue weighted by molar-refractivity contribution is 0.202. The topological polar surface area (TPSA) is 80.0 Å². The molecule has 0 amide bonds. The predicted molar refractivity (Wildman–Crippen MR) is 74.0 cm³/mol. The Morgan fingerprint density at radius 1 is 1.20 bits per heavy atom. The summed E-state index contributed by atoms with van der Waals surface area (Å²) in [6.45, 7) is 1.87. The Hall–Kier alpha value is -1.73. The molecule has 0 radical (unpaired) electrons. The minimum absolute atomic E-state index is 0.169. The van der Waals surface area contributed by atoms with Crippen LogP contribution in [0.25, 0.3) is 5.95 Å². The van der Waals surface area contributed by atoms with Gasteiger partial charge < -0.3 is 10.0 Å². The van der Waals surface area contributed by atoms with Crippen molar-refractivity contribution >= 4 is 17.5 Å². The number of aliphatic hydroxyl groups excluding tert-OH is 1. The zero-order valence-electron chi connectivity index (χ0n) is 10.9. The molecule has 1 aliphatic rings. The van der Waals surface area contributed by atoms with Gasteiger partial charge in [0, 0.05) is 32.1 Å². The third-order valence-electron chi connectivity index (χ3n) is 3.48. The predicted octanol–water partition coefficient (Wildman–Crippen LogP) is 0.919. The lowest BCUT2D eigenvalue weighted by Crippen LogP contribution is -2.36. The summed E-state index contributed by atoms with van der Waals surface area (Å²) in [4.78, 5) is 18.8. The first-order valence-corrected chi connectivity index (χ1v) is 6.90. The van der Waals surface area contributed by atoms with Crippen LogP contribution in [0.1, 0.15) is 12.8 Å². The number of halogens is 1. The molecule has 20 heavy (non-hydrogen) atoms. The van der Waals surface area contributed by atoms with Gasteiger partial charge in [-0.2, -0.15) is 15.0 Å². The second kappa shape index (κ2) is 5.72. The molecular weight excluding hydrogens is 280 g/mol. The molecule has 1 aliphatic heterocycles. The first-order chi connectivity index (χ1) is 9.76. The van der Waals surface area contributed by atoms with Crippen LogP contribution < -0.4 is 4.90 Å². The quantitative estimate of drug-likeness (QED) is 0.907. The molecule has 106 valence electrons. The fraction of sp³-hybridized carbons (Fsp3) is 0.500. The van der Waals surface area contributed by atoms with E-state index < -0.39 is 0 Å². The lowest BCUT2D eigenvalue weighted by atomic mass is 9.98. The van der Waals surface area contributed by atoms with Crippen LogP contribution in [0.4, 0.5) is 5.95 Å². The molecule has 3 heterocycles. The first-order valence-electron chi connectivity index (χ1n) is 6.52. The second-order valence-corrected chi connectivity index (χ2v) is 5.13. The van der Waals surface area contributed by atoms with Crippen molar-refractivity contribution in [3.8, 4) is 5.95 Å². The molecule has 3 rings (SSSR count). The second-order valence-electron chi connectivity index (χ2n) is 4.79. The van der Waals surface area contributed by atoms with E-state index in [1.165, 1.54) is 0 Å². The van der Waals surface area contributed by atoms with E-state index in [1.807, 2.05) is 0 Å². The zero-order valence-corrected chi connectivity index (χ0v) is 11.6. The highest BCUT2D eigenvalue weighted by Gasteiger charge is 2.21. The van der Waals surface area contributed by atoms with Crippen LogP contribution in [0.3, 0.4) is 0 Å². The molecule has 0 aliphatic carbocycles. The Balaban J connectivity index is 1.83. The van der Waals surface area contributed by atoms with Crippen LogP contribution in [0, 0.1) is 5.92 Å². The van der Waals surface area contributed by atoms with Gasteiger partial charge in [0.2, 0.25) is 17.2 Å². The number of rotatable bonds is 3. The fourth-order valence-corrected chi connectivity index (χ4v) is 2.43. The van der Waals surface area contributed by atoms with E-state index in [1.54, 1.807) is 23.3 Å². The highest BCUT2D eigenvalue weighted by atomic mass is 35.5. The molecule has 2 aromatic heterocycles. The number of imidazole rings is 1. The van der Waals surface area contributed by atoms with Gasteiger partial charge in [-0.1, -0.05) is 0 Å². The average molecular weight is 295 g/mol. The number of nitrogens with zero attached hydrogens (tertiary/aromatic N) is 6. The third-order valence-corrected chi connectivity index (χ3v) is 3.64. The summed E-state index contributed by atoms with van der Waals surface area (Å²) >= 11 is 5.98. The molecule has 1 N–H and O–H groups in total. The number of aliphatic hydroxyl groups is 1. The standard InChI is InChI=1S/C12H15ClN6O/c13-10-15-11(18-4-1-9(7-20)2-5-18)17-12(16-10)19-6-3-14-8-19/h3,6,8-9,20H,1-2,4-5,7H2. The lowest BCUT2D eigenvalue weighted by Gasteiger charge is -2.31. The van der Waals surface area contributed by atoms with E-state index in [4.69, 9.17) is 16.7 Å². The maximum absolute atomic E-state index is 9.17. The van der Waals surface area contributed by atoms with Crippen molar-refractivity contribution in [2.45, 2.75) is 12.8 Å². The Bertz CT molecular complexity index is 567. The van der Waals surface area contributed by atoms with Crippen LogP contribution in [-0.4, -0.2) is 49.3 Å². The molecule has 0 saturated carbocycles. The molecule has 0 atom stereocenters. The Labute approximate surface area is 121 Å². The van der Waals surface area contributed by atoms with Gasteiger partial charge in [0.25, 0.3) is 0 Å². The Kier molecular flexibility index (Phi) is 3.79. The summed E-state index contributed by atoms with van der Waals surface area (Å²) < 4.78 is 1.69. The Morgan fingerprint density at radius 3 is 2.60 bits per heavy atom. The zero-order chi connectivity index (χ0) is 13.9. The molecule has 7 nitrogen and oxygen atoms in total. The largest absolute Gasteiger partial charge is 0.396 e. The van der Waals surface area contributed by atoms with E-state index >= 15 is 0 Å². The maximum atomic E-state index is 9.17. The summed E-state index contributed by atoms with van der Waals surface area (Å²) in [5.41, 5.74) is 0. The first kappa shape index (κ1) is 13.3. The third kappa shape index (κ3) is 2.73. The molecule has 1 saturated heterocycles. The van der Waals surface area contributed by atoms with Crippen molar-refractivity contribution in [2.75, 3.05) is 24.6 Å². The smallest absolute Gasteiger partial charge is 0.241 e. The van der Waals surface area contributed by atoms with Gasteiger partial charge in [-0.15, -0.1) is 0 Å². The van der Waals surface area contributed by atoms with Crippen LogP contribution in [0.15, 0.2) is 18.7 Å². The minimum atomic E-state index is 0.169. The molecule has 0 unspecified atom stereocenters. The number of hydrogen-bond acceptors (Lipinski definition) is 6. The Morgan fingerprint density at radius 2 is 1.95 bits per heavy atom.